The van der Waals surface area contributed by atoms with Gasteiger partial charge in [-0.05, 0) is 57.7 Å². The lowest BCUT2D eigenvalue weighted by atomic mass is 10.00. The highest BCUT2D eigenvalue weighted by molar-refractivity contribution is 6.05. The molecule has 1 aliphatic heterocycles. The number of methoxy groups -OCH3 is 1. The number of nitrogens with zero attached hydrogens (tertiary/aromatic N) is 5. The zero-order chi connectivity index (χ0) is 24.8. The van der Waals surface area contributed by atoms with Crippen molar-refractivity contribution in [3.63, 3.8) is 0 Å². The van der Waals surface area contributed by atoms with Crippen molar-refractivity contribution in [3.8, 4) is 16.9 Å². The van der Waals surface area contributed by atoms with Crippen molar-refractivity contribution >= 4 is 27.9 Å². The lowest BCUT2D eigenvalue weighted by Gasteiger charge is -2.30. The van der Waals surface area contributed by atoms with E-state index >= 15 is 0 Å². The van der Waals surface area contributed by atoms with Crippen LogP contribution < -0.4 is 9.64 Å². The lowest BCUT2D eigenvalue weighted by molar-refractivity contribution is 0.393. The van der Waals surface area contributed by atoms with Gasteiger partial charge in [-0.25, -0.2) is 4.98 Å². The minimum absolute atomic E-state index is 0.104. The lowest BCUT2D eigenvalue weighted by Crippen LogP contribution is -2.32. The number of fused-ring (bicyclic) bond motifs is 3. The first kappa shape index (κ1) is 22.6. The van der Waals surface area contributed by atoms with E-state index in [2.05, 4.69) is 64.0 Å². The number of hydrogen-bond donors (Lipinski definition) is 0. The predicted molar refractivity (Wildman–Crippen MR) is 143 cm³/mol. The summed E-state index contributed by atoms with van der Waals surface area (Å²) < 4.78 is 13.8. The van der Waals surface area contributed by atoms with E-state index in [4.69, 9.17) is 19.2 Å². The van der Waals surface area contributed by atoms with Crippen molar-refractivity contribution in [2.45, 2.75) is 46.1 Å². The Hall–Kier alpha value is -3.87. The molecule has 1 aliphatic rings. The molecule has 1 saturated heterocycles. The van der Waals surface area contributed by atoms with Crippen molar-refractivity contribution in [1.82, 2.24) is 19.7 Å². The van der Waals surface area contributed by atoms with Gasteiger partial charge in [0.15, 0.2) is 0 Å². The summed E-state index contributed by atoms with van der Waals surface area (Å²) in [7, 11) is 1.71. The fraction of sp³-hybridized carbons (Fsp3) is 0.345. The van der Waals surface area contributed by atoms with E-state index in [-0.39, 0.29) is 6.04 Å². The van der Waals surface area contributed by atoms with Crippen molar-refractivity contribution in [2.75, 3.05) is 25.1 Å². The fourth-order valence-electron chi connectivity index (χ4n) is 5.59. The molecule has 0 saturated carbocycles. The second-order valence-corrected chi connectivity index (χ2v) is 9.68. The fourth-order valence-corrected chi connectivity index (χ4v) is 5.59. The summed E-state index contributed by atoms with van der Waals surface area (Å²) in [4.78, 5) is 12.4. The topological polar surface area (TPSA) is 69.2 Å². The van der Waals surface area contributed by atoms with Crippen LogP contribution in [0.2, 0.25) is 0 Å². The Kier molecular flexibility index (Phi) is 5.63. The first-order valence-corrected chi connectivity index (χ1v) is 12.7. The molecular formula is C29H31N5O2. The Bertz CT molecular complexity index is 1530. The Morgan fingerprint density at radius 1 is 1.00 bits per heavy atom. The third-order valence-corrected chi connectivity index (χ3v) is 7.43. The van der Waals surface area contributed by atoms with Gasteiger partial charge in [0.25, 0.3) is 0 Å². The molecule has 7 nitrogen and oxygen atoms in total. The number of imidazole rings is 1. The highest BCUT2D eigenvalue weighted by Gasteiger charge is 2.26. The molecule has 0 amide bonds. The maximum absolute atomic E-state index is 5.91. The van der Waals surface area contributed by atoms with E-state index in [0.29, 0.717) is 0 Å². The molecule has 0 bridgehead atoms. The Balaban J connectivity index is 1.64. The molecule has 1 fully saturated rings. The Morgan fingerprint density at radius 3 is 2.47 bits per heavy atom. The minimum atomic E-state index is 0.104. The number of benzene rings is 2. The van der Waals surface area contributed by atoms with Gasteiger partial charge in [0.2, 0.25) is 5.95 Å². The van der Waals surface area contributed by atoms with E-state index in [1.54, 1.807) is 7.11 Å². The molecule has 0 N–H and O–H groups in total. The maximum Gasteiger partial charge on any atom is 0.207 e. The third-order valence-electron chi connectivity index (χ3n) is 7.43. The van der Waals surface area contributed by atoms with Crippen LogP contribution in [0.1, 0.15) is 49.2 Å². The number of aryl methyl sites for hydroxylation is 2. The van der Waals surface area contributed by atoms with E-state index in [0.717, 1.165) is 69.3 Å². The summed E-state index contributed by atoms with van der Waals surface area (Å²) in [6, 6.07) is 14.9. The number of ether oxygens (including phenoxy) is 1. The van der Waals surface area contributed by atoms with Crippen molar-refractivity contribution in [1.29, 1.82) is 0 Å². The monoisotopic (exact) mass is 481 g/mol. The summed E-state index contributed by atoms with van der Waals surface area (Å²) in [6.07, 6.45) is 5.56. The highest BCUT2D eigenvalue weighted by atomic mass is 16.5. The molecule has 0 aliphatic carbocycles. The van der Waals surface area contributed by atoms with Crippen LogP contribution in [0.4, 0.5) is 5.95 Å². The third kappa shape index (κ3) is 3.61. The van der Waals surface area contributed by atoms with Crippen LogP contribution in [0.3, 0.4) is 0 Å². The molecular weight excluding hydrogens is 450 g/mol. The van der Waals surface area contributed by atoms with Crippen LogP contribution in [-0.4, -0.2) is 39.9 Å². The second kappa shape index (κ2) is 8.97. The number of anilines is 1. The Morgan fingerprint density at radius 2 is 1.78 bits per heavy atom. The van der Waals surface area contributed by atoms with Gasteiger partial charge in [0.1, 0.15) is 17.0 Å². The summed E-state index contributed by atoms with van der Waals surface area (Å²) in [5.74, 6) is 2.55. The van der Waals surface area contributed by atoms with Crippen LogP contribution in [0, 0.1) is 13.8 Å². The SMILES string of the molecule is COc1cc2c(cc1-c1c(C)noc1C)ncc1nc(N3CCCCC3)n(C(C)c3ccccc3)c12. The molecule has 7 heteroatoms. The molecule has 4 heterocycles. The van der Waals surface area contributed by atoms with E-state index in [1.807, 2.05) is 20.0 Å². The van der Waals surface area contributed by atoms with Crippen LogP contribution in [0.5, 0.6) is 5.75 Å². The van der Waals surface area contributed by atoms with Crippen LogP contribution in [-0.2, 0) is 0 Å². The summed E-state index contributed by atoms with van der Waals surface area (Å²) in [6.45, 7) is 8.18. The molecule has 184 valence electrons. The number of hydrogen-bond acceptors (Lipinski definition) is 6. The Labute approximate surface area is 210 Å². The van der Waals surface area contributed by atoms with Crippen LogP contribution >= 0.6 is 0 Å². The van der Waals surface area contributed by atoms with Gasteiger partial charge in [-0.15, -0.1) is 0 Å². The molecule has 1 unspecified atom stereocenters. The molecule has 5 aromatic rings. The van der Waals surface area contributed by atoms with Gasteiger partial charge in [0, 0.05) is 24.0 Å². The molecule has 36 heavy (non-hydrogen) atoms. The van der Waals surface area contributed by atoms with Gasteiger partial charge in [-0.1, -0.05) is 35.5 Å². The second-order valence-electron chi connectivity index (χ2n) is 9.68. The molecule has 1 atom stereocenters. The van der Waals surface area contributed by atoms with Crippen molar-refractivity contribution < 1.29 is 9.26 Å². The average Bonchev–Trinajstić information content (AvgIpc) is 3.48. The molecule has 0 spiro atoms. The number of piperidine rings is 1. The predicted octanol–water partition coefficient (Wildman–Crippen LogP) is 6.46. The average molecular weight is 482 g/mol. The van der Waals surface area contributed by atoms with Gasteiger partial charge in [-0.2, -0.15) is 0 Å². The molecule has 3 aromatic heterocycles. The van der Waals surface area contributed by atoms with Crippen LogP contribution in [0.15, 0.2) is 53.2 Å². The molecule has 6 rings (SSSR count). The first-order valence-electron chi connectivity index (χ1n) is 12.7. The number of aromatic nitrogens is 4. The standard InChI is InChI=1S/C29H31N5O2/c1-18-27(20(3)36-32-18)23-15-24-22(16-26(23)35-4)28-25(17-30-24)31-29(33-13-9-6-10-14-33)34(28)19(2)21-11-7-5-8-12-21/h5,7-8,11-12,15-17,19H,6,9-10,13-14H2,1-4H3. The zero-order valence-electron chi connectivity index (χ0n) is 21.3. The van der Waals surface area contributed by atoms with E-state index < -0.39 is 0 Å². The smallest absolute Gasteiger partial charge is 0.207 e. The quantitative estimate of drug-likeness (QED) is 0.287. The summed E-state index contributed by atoms with van der Waals surface area (Å²) in [5.41, 5.74) is 6.85. The van der Waals surface area contributed by atoms with Crippen molar-refractivity contribution in [2.24, 2.45) is 0 Å². The van der Waals surface area contributed by atoms with Gasteiger partial charge in [0.05, 0.1) is 41.6 Å². The zero-order valence-corrected chi connectivity index (χ0v) is 21.3. The minimum Gasteiger partial charge on any atom is -0.496 e. The highest BCUT2D eigenvalue weighted by Crippen LogP contribution is 2.41. The van der Waals surface area contributed by atoms with Crippen molar-refractivity contribution in [3.05, 3.63) is 65.7 Å². The normalized spacial score (nSPS) is 15.1. The molecule has 0 radical (unpaired) electrons. The van der Waals surface area contributed by atoms with Gasteiger partial charge >= 0.3 is 0 Å². The van der Waals surface area contributed by atoms with Gasteiger partial charge in [-0.3, -0.25) is 4.98 Å². The van der Waals surface area contributed by atoms with Gasteiger partial charge < -0.3 is 18.7 Å². The number of rotatable bonds is 5. The van der Waals surface area contributed by atoms with Crippen LogP contribution in [0.25, 0.3) is 33.1 Å². The summed E-state index contributed by atoms with van der Waals surface area (Å²) in [5, 5.41) is 5.18. The largest absolute Gasteiger partial charge is 0.496 e. The first-order chi connectivity index (χ1) is 17.6. The van der Waals surface area contributed by atoms with E-state index in [1.165, 1.54) is 24.8 Å². The maximum atomic E-state index is 5.91. The molecule has 2 aromatic carbocycles. The summed E-state index contributed by atoms with van der Waals surface area (Å²) >= 11 is 0. The van der Waals surface area contributed by atoms with E-state index in [9.17, 15) is 0 Å². The number of pyridine rings is 1.